The molecule has 15 heavy (non-hydrogen) atoms. The van der Waals surface area contributed by atoms with Crippen LogP contribution in [0, 0.1) is 17.8 Å². The molecule has 0 bridgehead atoms. The van der Waals surface area contributed by atoms with E-state index in [2.05, 4.69) is 16.6 Å². The minimum Gasteiger partial charge on any atom is -0.340 e. The Balaban J connectivity index is 2.64. The third-order valence-electron chi connectivity index (χ3n) is 3.04. The van der Waals surface area contributed by atoms with Crippen LogP contribution in [0.5, 0.6) is 0 Å². The summed E-state index contributed by atoms with van der Waals surface area (Å²) >= 11 is 0. The quantitative estimate of drug-likeness (QED) is 0.662. The molecule has 0 aromatic carbocycles. The lowest BCUT2D eigenvalue weighted by Gasteiger charge is -2.35. The smallest absolute Gasteiger partial charge is 0.227 e. The van der Waals surface area contributed by atoms with Crippen LogP contribution >= 0.6 is 0 Å². The molecule has 1 fully saturated rings. The van der Waals surface area contributed by atoms with E-state index >= 15 is 0 Å². The Labute approximate surface area is 92.0 Å². The lowest BCUT2D eigenvalue weighted by molar-refractivity contribution is -0.132. The lowest BCUT2D eigenvalue weighted by Crippen LogP contribution is -2.52. The zero-order valence-electron chi connectivity index (χ0n) is 9.81. The Kier molecular flexibility index (Phi) is 3.41. The van der Waals surface area contributed by atoms with E-state index in [0.717, 1.165) is 25.9 Å². The van der Waals surface area contributed by atoms with Crippen LogP contribution in [-0.2, 0) is 4.79 Å². The first-order valence-electron chi connectivity index (χ1n) is 5.41. The maximum atomic E-state index is 12.1. The highest BCUT2D eigenvalue weighted by Gasteiger charge is 2.36. The van der Waals surface area contributed by atoms with Gasteiger partial charge in [-0.05, 0) is 39.8 Å². The van der Waals surface area contributed by atoms with E-state index in [-0.39, 0.29) is 11.3 Å². The van der Waals surface area contributed by atoms with Gasteiger partial charge in [0.15, 0.2) is 0 Å². The van der Waals surface area contributed by atoms with E-state index in [1.807, 2.05) is 20.8 Å². The first-order valence-corrected chi connectivity index (χ1v) is 5.41. The monoisotopic (exact) mass is 208 g/mol. The number of hydrogen-bond acceptors (Lipinski definition) is 2. The zero-order valence-corrected chi connectivity index (χ0v) is 9.81. The van der Waals surface area contributed by atoms with Gasteiger partial charge in [-0.25, -0.2) is 0 Å². The summed E-state index contributed by atoms with van der Waals surface area (Å²) in [6.45, 7) is 7.50. The third-order valence-corrected chi connectivity index (χ3v) is 3.04. The molecule has 0 saturated carbocycles. The van der Waals surface area contributed by atoms with Crippen molar-refractivity contribution in [1.29, 1.82) is 0 Å². The Hall–Kier alpha value is -1.01. The number of carbonyl (C=O) groups is 1. The predicted octanol–water partition coefficient (Wildman–Crippen LogP) is 0.904. The largest absolute Gasteiger partial charge is 0.340 e. The molecular formula is C12H20N2O. The molecule has 3 heteroatoms. The molecule has 1 amide bonds. The second-order valence-corrected chi connectivity index (χ2v) is 5.03. The van der Waals surface area contributed by atoms with E-state index in [1.54, 1.807) is 0 Å². The van der Waals surface area contributed by atoms with E-state index in [4.69, 9.17) is 6.42 Å². The number of rotatable bonds is 2. The number of nitrogens with one attached hydrogen (secondary N) is 2. The molecule has 1 rings (SSSR count). The molecule has 0 radical (unpaired) electrons. The molecule has 0 aromatic heterocycles. The van der Waals surface area contributed by atoms with Crippen molar-refractivity contribution in [2.45, 2.75) is 39.2 Å². The van der Waals surface area contributed by atoms with Gasteiger partial charge in [-0.2, -0.15) is 0 Å². The molecular weight excluding hydrogens is 188 g/mol. The van der Waals surface area contributed by atoms with Crippen LogP contribution in [0.2, 0.25) is 0 Å². The molecule has 0 atom stereocenters. The Bertz CT molecular complexity index is 282. The lowest BCUT2D eigenvalue weighted by atomic mass is 9.79. The first-order chi connectivity index (χ1) is 6.90. The second-order valence-electron chi connectivity index (χ2n) is 5.03. The van der Waals surface area contributed by atoms with Crippen LogP contribution in [0.15, 0.2) is 0 Å². The minimum absolute atomic E-state index is 0.0759. The van der Waals surface area contributed by atoms with Crippen LogP contribution < -0.4 is 10.6 Å². The van der Waals surface area contributed by atoms with Gasteiger partial charge in [-0.3, -0.25) is 4.79 Å². The van der Waals surface area contributed by atoms with Gasteiger partial charge >= 0.3 is 0 Å². The van der Waals surface area contributed by atoms with Gasteiger partial charge in [-0.1, -0.05) is 12.8 Å². The number of amides is 1. The summed E-state index contributed by atoms with van der Waals surface area (Å²) in [7, 11) is 0. The van der Waals surface area contributed by atoms with E-state index in [1.165, 1.54) is 0 Å². The van der Waals surface area contributed by atoms with E-state index in [9.17, 15) is 4.79 Å². The maximum absolute atomic E-state index is 12.1. The molecule has 3 nitrogen and oxygen atoms in total. The van der Waals surface area contributed by atoms with Gasteiger partial charge in [0.25, 0.3) is 0 Å². The molecule has 84 valence electrons. The SMILES string of the molecule is C#CC(C)(C)NC(=O)C1(C)CCNCC1. The van der Waals surface area contributed by atoms with Crippen molar-refractivity contribution in [2.24, 2.45) is 5.41 Å². The molecule has 1 aliphatic rings. The Morgan fingerprint density at radius 1 is 1.47 bits per heavy atom. The fourth-order valence-electron chi connectivity index (χ4n) is 1.68. The molecule has 0 unspecified atom stereocenters. The summed E-state index contributed by atoms with van der Waals surface area (Å²) in [6.07, 6.45) is 7.10. The van der Waals surface area contributed by atoms with Crippen molar-refractivity contribution in [1.82, 2.24) is 10.6 Å². The van der Waals surface area contributed by atoms with E-state index in [0.29, 0.717) is 0 Å². The highest BCUT2D eigenvalue weighted by molar-refractivity contribution is 5.83. The van der Waals surface area contributed by atoms with Crippen LogP contribution in [-0.4, -0.2) is 24.5 Å². The number of terminal acetylenes is 1. The number of piperidine rings is 1. The number of hydrogen-bond donors (Lipinski definition) is 2. The fraction of sp³-hybridized carbons (Fsp3) is 0.750. The van der Waals surface area contributed by atoms with Gasteiger partial charge in [0.2, 0.25) is 5.91 Å². The van der Waals surface area contributed by atoms with Gasteiger partial charge < -0.3 is 10.6 Å². The van der Waals surface area contributed by atoms with Crippen LogP contribution in [0.3, 0.4) is 0 Å². The van der Waals surface area contributed by atoms with Gasteiger partial charge in [-0.15, -0.1) is 6.42 Å². The molecule has 1 aliphatic heterocycles. The first kappa shape index (κ1) is 12.1. The van der Waals surface area contributed by atoms with Crippen LogP contribution in [0.4, 0.5) is 0 Å². The highest BCUT2D eigenvalue weighted by Crippen LogP contribution is 2.28. The van der Waals surface area contributed by atoms with Gasteiger partial charge in [0.05, 0.1) is 5.54 Å². The van der Waals surface area contributed by atoms with E-state index < -0.39 is 5.54 Å². The Morgan fingerprint density at radius 2 is 2.00 bits per heavy atom. The highest BCUT2D eigenvalue weighted by atomic mass is 16.2. The Morgan fingerprint density at radius 3 is 2.47 bits per heavy atom. The molecule has 0 aliphatic carbocycles. The normalized spacial score (nSPS) is 20.4. The molecule has 0 aromatic rings. The van der Waals surface area contributed by atoms with Crippen molar-refractivity contribution < 1.29 is 4.79 Å². The predicted molar refractivity (Wildman–Crippen MR) is 61.3 cm³/mol. The molecule has 1 saturated heterocycles. The second kappa shape index (κ2) is 4.24. The topological polar surface area (TPSA) is 41.1 Å². The summed E-state index contributed by atoms with van der Waals surface area (Å²) in [6, 6.07) is 0. The average Bonchev–Trinajstić information content (AvgIpc) is 2.18. The van der Waals surface area contributed by atoms with Crippen LogP contribution in [0.1, 0.15) is 33.6 Å². The van der Waals surface area contributed by atoms with Crippen molar-refractivity contribution >= 4 is 5.91 Å². The van der Waals surface area contributed by atoms with Crippen LogP contribution in [0.25, 0.3) is 0 Å². The van der Waals surface area contributed by atoms with Gasteiger partial charge in [0.1, 0.15) is 0 Å². The number of carbonyl (C=O) groups excluding carboxylic acids is 1. The van der Waals surface area contributed by atoms with Crippen molar-refractivity contribution in [3.63, 3.8) is 0 Å². The third kappa shape index (κ3) is 2.97. The molecule has 1 heterocycles. The van der Waals surface area contributed by atoms with Crippen molar-refractivity contribution in [2.75, 3.05) is 13.1 Å². The standard InChI is InChI=1S/C12H20N2O/c1-5-11(2,3)14-10(15)12(4)6-8-13-9-7-12/h1,13H,6-9H2,2-4H3,(H,14,15). The molecule has 2 N–H and O–H groups in total. The van der Waals surface area contributed by atoms with Gasteiger partial charge in [0, 0.05) is 5.41 Å². The fourth-order valence-corrected chi connectivity index (χ4v) is 1.68. The zero-order chi connectivity index (χ0) is 11.5. The summed E-state index contributed by atoms with van der Waals surface area (Å²) < 4.78 is 0. The summed E-state index contributed by atoms with van der Waals surface area (Å²) in [5.74, 6) is 2.66. The maximum Gasteiger partial charge on any atom is 0.227 e. The van der Waals surface area contributed by atoms with Crippen molar-refractivity contribution in [3.8, 4) is 12.3 Å². The summed E-state index contributed by atoms with van der Waals surface area (Å²) in [4.78, 5) is 12.1. The average molecular weight is 208 g/mol. The summed E-state index contributed by atoms with van der Waals surface area (Å²) in [5.41, 5.74) is -0.815. The van der Waals surface area contributed by atoms with Crippen molar-refractivity contribution in [3.05, 3.63) is 0 Å². The minimum atomic E-state index is -0.551. The summed E-state index contributed by atoms with van der Waals surface area (Å²) in [5, 5.41) is 6.16. The molecule has 0 spiro atoms.